The first-order chi connectivity index (χ1) is 10.0. The van der Waals surface area contributed by atoms with Gasteiger partial charge in [-0.3, -0.25) is 0 Å². The lowest BCUT2D eigenvalue weighted by molar-refractivity contribution is 0.147. The molecule has 0 bridgehead atoms. The van der Waals surface area contributed by atoms with Crippen LogP contribution in [0, 0.1) is 5.92 Å². The third kappa shape index (κ3) is 6.96. The predicted molar refractivity (Wildman–Crippen MR) is 88.9 cm³/mol. The van der Waals surface area contributed by atoms with E-state index in [9.17, 15) is 0 Å². The van der Waals surface area contributed by atoms with Crippen LogP contribution in [-0.2, 0) is 4.74 Å². The molecule has 1 aromatic heterocycles. The Hall–Kier alpha value is -1.07. The van der Waals surface area contributed by atoms with Gasteiger partial charge in [0.25, 0.3) is 0 Å². The fourth-order valence-electron chi connectivity index (χ4n) is 2.51. The van der Waals surface area contributed by atoms with Crippen LogP contribution in [0.25, 0.3) is 0 Å². The number of aromatic nitrogens is 2. The minimum Gasteiger partial charge on any atom is -0.382 e. The van der Waals surface area contributed by atoms with Gasteiger partial charge in [-0.05, 0) is 39.8 Å². The van der Waals surface area contributed by atoms with Gasteiger partial charge in [0.1, 0.15) is 0 Å². The van der Waals surface area contributed by atoms with Crippen LogP contribution in [0.1, 0.15) is 39.7 Å². The van der Waals surface area contributed by atoms with Crippen LogP contribution < -0.4 is 5.32 Å². The summed E-state index contributed by atoms with van der Waals surface area (Å²) in [6.07, 6.45) is 6.13. The van der Waals surface area contributed by atoms with E-state index >= 15 is 0 Å². The second kappa shape index (κ2) is 9.79. The molecule has 1 aromatic rings. The van der Waals surface area contributed by atoms with Gasteiger partial charge < -0.3 is 19.5 Å². The van der Waals surface area contributed by atoms with Gasteiger partial charge in [-0.1, -0.05) is 13.8 Å². The number of hydrogen-bond acceptors (Lipinski definition) is 4. The van der Waals surface area contributed by atoms with Gasteiger partial charge in [0.05, 0.1) is 0 Å². The highest BCUT2D eigenvalue weighted by Gasteiger charge is 2.17. The van der Waals surface area contributed by atoms with Gasteiger partial charge in [-0.2, -0.15) is 0 Å². The lowest BCUT2D eigenvalue weighted by Crippen LogP contribution is -2.26. The fourth-order valence-corrected chi connectivity index (χ4v) is 2.51. The van der Waals surface area contributed by atoms with Crippen LogP contribution in [0.2, 0.25) is 0 Å². The first-order valence-corrected chi connectivity index (χ1v) is 8.03. The summed E-state index contributed by atoms with van der Waals surface area (Å²) in [7, 11) is 4.25. The van der Waals surface area contributed by atoms with E-state index in [4.69, 9.17) is 4.74 Å². The Morgan fingerprint density at radius 2 is 2.14 bits per heavy atom. The van der Waals surface area contributed by atoms with Crippen LogP contribution in [0.5, 0.6) is 0 Å². The van der Waals surface area contributed by atoms with Crippen molar-refractivity contribution in [2.75, 3.05) is 45.7 Å². The third-order valence-corrected chi connectivity index (χ3v) is 3.33. The molecule has 0 amide bonds. The summed E-state index contributed by atoms with van der Waals surface area (Å²) in [4.78, 5) is 6.70. The van der Waals surface area contributed by atoms with Crippen molar-refractivity contribution in [2.45, 2.75) is 39.7 Å². The molecular formula is C16H32N4O. The van der Waals surface area contributed by atoms with Crippen molar-refractivity contribution in [3.63, 3.8) is 0 Å². The van der Waals surface area contributed by atoms with Crippen molar-refractivity contribution in [1.29, 1.82) is 0 Å². The van der Waals surface area contributed by atoms with Gasteiger partial charge in [-0.25, -0.2) is 4.98 Å². The maximum Gasteiger partial charge on any atom is 0.203 e. The summed E-state index contributed by atoms with van der Waals surface area (Å²) in [5.41, 5.74) is 0. The molecule has 1 N–H and O–H groups in total. The molecular weight excluding hydrogens is 264 g/mol. The lowest BCUT2D eigenvalue weighted by Gasteiger charge is -2.25. The molecule has 5 heteroatoms. The Labute approximate surface area is 129 Å². The summed E-state index contributed by atoms with van der Waals surface area (Å²) >= 11 is 0. The first kappa shape index (κ1) is 18.0. The SMILES string of the molecule is CCOCCCNc1nccn1C(CC(C)C)CN(C)C. The highest BCUT2D eigenvalue weighted by atomic mass is 16.5. The lowest BCUT2D eigenvalue weighted by atomic mass is 10.0. The Bertz CT molecular complexity index is 366. The molecule has 0 fully saturated rings. The molecule has 0 radical (unpaired) electrons. The smallest absolute Gasteiger partial charge is 0.203 e. The number of ether oxygens (including phenoxy) is 1. The van der Waals surface area contributed by atoms with Crippen molar-refractivity contribution in [1.82, 2.24) is 14.5 Å². The maximum atomic E-state index is 5.36. The molecule has 0 aliphatic carbocycles. The van der Waals surface area contributed by atoms with Crippen molar-refractivity contribution in [3.8, 4) is 0 Å². The number of imidazole rings is 1. The average molecular weight is 296 g/mol. The van der Waals surface area contributed by atoms with E-state index in [0.717, 1.165) is 45.1 Å². The van der Waals surface area contributed by atoms with E-state index in [1.165, 1.54) is 0 Å². The van der Waals surface area contributed by atoms with Crippen molar-refractivity contribution >= 4 is 5.95 Å². The Balaban J connectivity index is 2.60. The van der Waals surface area contributed by atoms with Crippen molar-refractivity contribution < 1.29 is 4.74 Å². The maximum absolute atomic E-state index is 5.36. The second-order valence-corrected chi connectivity index (χ2v) is 6.18. The fraction of sp³-hybridized carbons (Fsp3) is 0.812. The van der Waals surface area contributed by atoms with Crippen molar-refractivity contribution in [3.05, 3.63) is 12.4 Å². The number of hydrogen-bond donors (Lipinski definition) is 1. The quantitative estimate of drug-likeness (QED) is 0.638. The van der Waals surface area contributed by atoms with Gasteiger partial charge in [0.2, 0.25) is 5.95 Å². The minimum atomic E-state index is 0.455. The number of nitrogens with zero attached hydrogens (tertiary/aromatic N) is 3. The van der Waals surface area contributed by atoms with Crippen LogP contribution in [0.15, 0.2) is 12.4 Å². The predicted octanol–water partition coefficient (Wildman–Crippen LogP) is 2.87. The zero-order valence-electron chi connectivity index (χ0n) is 14.3. The standard InChI is InChI=1S/C16H32N4O/c1-6-21-11-7-8-17-16-18-9-10-20(16)15(12-14(2)3)13-19(4)5/h9-10,14-15H,6-8,11-13H2,1-5H3,(H,17,18). The largest absolute Gasteiger partial charge is 0.382 e. The summed E-state index contributed by atoms with van der Waals surface area (Å²) < 4.78 is 7.64. The van der Waals surface area contributed by atoms with Crippen LogP contribution in [0.4, 0.5) is 5.95 Å². The molecule has 1 atom stereocenters. The highest BCUT2D eigenvalue weighted by Crippen LogP contribution is 2.22. The summed E-state index contributed by atoms with van der Waals surface area (Å²) in [5, 5.41) is 3.43. The molecule has 122 valence electrons. The van der Waals surface area contributed by atoms with Gasteiger partial charge in [-0.15, -0.1) is 0 Å². The van der Waals surface area contributed by atoms with Gasteiger partial charge in [0.15, 0.2) is 0 Å². The average Bonchev–Trinajstić information content (AvgIpc) is 2.85. The zero-order valence-corrected chi connectivity index (χ0v) is 14.3. The summed E-state index contributed by atoms with van der Waals surface area (Å²) in [6, 6.07) is 0.455. The molecule has 0 saturated heterocycles. The normalized spacial score (nSPS) is 13.1. The Morgan fingerprint density at radius 3 is 2.76 bits per heavy atom. The Morgan fingerprint density at radius 1 is 1.38 bits per heavy atom. The molecule has 0 aliphatic rings. The topological polar surface area (TPSA) is 42.3 Å². The molecule has 0 saturated carbocycles. The van der Waals surface area contributed by atoms with Crippen LogP contribution in [0.3, 0.4) is 0 Å². The molecule has 1 heterocycles. The number of rotatable bonds is 11. The van der Waals surface area contributed by atoms with Crippen molar-refractivity contribution in [2.24, 2.45) is 5.92 Å². The number of anilines is 1. The molecule has 1 rings (SSSR count). The highest BCUT2D eigenvalue weighted by molar-refractivity contribution is 5.26. The van der Waals surface area contributed by atoms with E-state index in [2.05, 4.69) is 53.9 Å². The molecule has 21 heavy (non-hydrogen) atoms. The van der Waals surface area contributed by atoms with Crippen LogP contribution >= 0.6 is 0 Å². The Kier molecular flexibility index (Phi) is 8.38. The second-order valence-electron chi connectivity index (χ2n) is 6.18. The zero-order chi connectivity index (χ0) is 15.7. The first-order valence-electron chi connectivity index (χ1n) is 8.03. The van der Waals surface area contributed by atoms with E-state index in [-0.39, 0.29) is 0 Å². The number of likely N-dealkylation sites (N-methyl/N-ethyl adjacent to an activating group) is 1. The molecule has 0 aliphatic heterocycles. The van der Waals surface area contributed by atoms with Gasteiger partial charge >= 0.3 is 0 Å². The van der Waals surface area contributed by atoms with Gasteiger partial charge in [0, 0.05) is 44.7 Å². The monoisotopic (exact) mass is 296 g/mol. The third-order valence-electron chi connectivity index (χ3n) is 3.33. The molecule has 0 spiro atoms. The summed E-state index contributed by atoms with van der Waals surface area (Å²) in [6.45, 7) is 10.1. The van der Waals surface area contributed by atoms with Crippen LogP contribution in [-0.4, -0.2) is 54.8 Å². The molecule has 0 aromatic carbocycles. The summed E-state index contributed by atoms with van der Waals surface area (Å²) in [5.74, 6) is 1.64. The van der Waals surface area contributed by atoms with E-state index in [1.54, 1.807) is 0 Å². The molecule has 5 nitrogen and oxygen atoms in total. The minimum absolute atomic E-state index is 0.455. The molecule has 1 unspecified atom stereocenters. The van der Waals surface area contributed by atoms with E-state index in [0.29, 0.717) is 12.0 Å². The number of nitrogens with one attached hydrogen (secondary N) is 1. The van der Waals surface area contributed by atoms with E-state index in [1.807, 2.05) is 13.1 Å². The van der Waals surface area contributed by atoms with E-state index < -0.39 is 0 Å².